The van der Waals surface area contributed by atoms with Gasteiger partial charge in [0.1, 0.15) is 5.82 Å². The van der Waals surface area contributed by atoms with Crippen molar-refractivity contribution in [2.75, 3.05) is 37.0 Å². The Bertz CT molecular complexity index is 904. The van der Waals surface area contributed by atoms with Crippen LogP contribution in [-0.2, 0) is 14.3 Å². The molecule has 0 aliphatic carbocycles. The highest BCUT2D eigenvalue weighted by atomic mass is 19.3. The van der Waals surface area contributed by atoms with E-state index in [1.165, 1.54) is 12.1 Å². The molecule has 0 bridgehead atoms. The molecule has 33 heavy (non-hydrogen) atoms. The molecule has 2 aliphatic heterocycles. The number of aryl methyl sites for hydroxylation is 1. The van der Waals surface area contributed by atoms with Crippen molar-refractivity contribution < 1.29 is 27.5 Å². The monoisotopic (exact) mass is 466 g/mol. The van der Waals surface area contributed by atoms with Gasteiger partial charge in [-0.2, -0.15) is 0 Å². The predicted octanol–water partition coefficient (Wildman–Crippen LogP) is 3.70. The second-order valence-corrected chi connectivity index (χ2v) is 7.74. The summed E-state index contributed by atoms with van der Waals surface area (Å²) in [7, 11) is 1.86. The summed E-state index contributed by atoms with van der Waals surface area (Å²) >= 11 is 0. The number of ether oxygens (including phenoxy) is 1. The summed E-state index contributed by atoms with van der Waals surface area (Å²) in [5.74, 6) is 0.861. The number of fused-ring (bicyclic) bond motifs is 1. The number of halogens is 3. The van der Waals surface area contributed by atoms with E-state index in [1.807, 2.05) is 24.9 Å². The zero-order chi connectivity index (χ0) is 24.4. The van der Waals surface area contributed by atoms with E-state index in [9.17, 15) is 22.8 Å². The minimum atomic E-state index is -2.17. The lowest BCUT2D eigenvalue weighted by Crippen LogP contribution is -2.36. The van der Waals surface area contributed by atoms with E-state index in [2.05, 4.69) is 15.6 Å². The average molecular weight is 467 g/mol. The van der Waals surface area contributed by atoms with Crippen LogP contribution in [0.15, 0.2) is 36.5 Å². The molecule has 7 nitrogen and oxygen atoms in total. The molecule has 2 aliphatic rings. The Labute approximate surface area is 191 Å². The number of alkyl halides is 2. The van der Waals surface area contributed by atoms with Crippen molar-refractivity contribution in [3.63, 3.8) is 0 Å². The molecule has 2 atom stereocenters. The van der Waals surface area contributed by atoms with Gasteiger partial charge < -0.3 is 20.3 Å². The first kappa shape index (κ1) is 26.1. The topological polar surface area (TPSA) is 83.6 Å². The molecule has 2 N–H and O–H groups in total. The molecule has 2 unspecified atom stereocenters. The lowest BCUT2D eigenvalue weighted by molar-refractivity contribution is -0.115. The summed E-state index contributed by atoms with van der Waals surface area (Å²) in [6, 6.07) is 8.06. The molecule has 3 heterocycles. The number of aromatic nitrogens is 1. The number of carbonyl (C=O) groups excluding carboxylic acids is 2. The summed E-state index contributed by atoms with van der Waals surface area (Å²) in [5, 5.41) is 5.57. The maximum atomic E-state index is 12.8. The lowest BCUT2D eigenvalue weighted by atomic mass is 9.92. The zero-order valence-corrected chi connectivity index (χ0v) is 18.9. The van der Waals surface area contributed by atoms with Crippen molar-refractivity contribution in [2.45, 2.75) is 32.7 Å². The molecule has 10 heteroatoms. The Morgan fingerprint density at radius 3 is 2.55 bits per heavy atom. The standard InChI is InChI=1S/C12H14FNO2.C9H11N3O.C2H4F2/c13-11-3-1-9(2-4-11)12(14-8-15)10-5-6-16-7-10;1-6-3-7-9(10-4-6)12(2)5-8(13)11-7;1-2(3)4/h1-4,8,10,12H,5-7H2,(H,14,15);3-4H,5H2,1-2H3,(H,11,13);2H,1H3. The highest BCUT2D eigenvalue weighted by Crippen LogP contribution is 2.28. The van der Waals surface area contributed by atoms with Crippen LogP contribution in [0.1, 0.15) is 30.5 Å². The minimum Gasteiger partial charge on any atom is -0.381 e. The fourth-order valence-electron chi connectivity index (χ4n) is 3.50. The summed E-state index contributed by atoms with van der Waals surface area (Å²) in [6.07, 6.45) is 1.24. The number of rotatable bonds is 4. The van der Waals surface area contributed by atoms with E-state index < -0.39 is 6.43 Å². The normalized spacial score (nSPS) is 17.6. The largest absolute Gasteiger partial charge is 0.381 e. The highest BCUT2D eigenvalue weighted by Gasteiger charge is 2.26. The van der Waals surface area contributed by atoms with E-state index in [1.54, 1.807) is 18.3 Å². The first-order chi connectivity index (χ1) is 15.7. The smallest absolute Gasteiger partial charge is 0.244 e. The summed E-state index contributed by atoms with van der Waals surface area (Å²) in [4.78, 5) is 27.8. The minimum absolute atomic E-state index is 0.0161. The Morgan fingerprint density at radius 2 is 1.97 bits per heavy atom. The van der Waals surface area contributed by atoms with Gasteiger partial charge in [0, 0.05) is 25.8 Å². The molecule has 1 aromatic heterocycles. The molecule has 2 amide bonds. The summed E-state index contributed by atoms with van der Waals surface area (Å²) in [6.45, 7) is 4.53. The highest BCUT2D eigenvalue weighted by molar-refractivity contribution is 6.00. The van der Waals surface area contributed by atoms with Crippen LogP contribution in [0, 0.1) is 18.7 Å². The maximum Gasteiger partial charge on any atom is 0.244 e. The molecule has 0 radical (unpaired) electrons. The third-order valence-electron chi connectivity index (χ3n) is 4.93. The number of nitrogens with one attached hydrogen (secondary N) is 2. The van der Waals surface area contributed by atoms with Crippen molar-refractivity contribution in [1.82, 2.24) is 10.3 Å². The Balaban J connectivity index is 0.000000204. The number of pyridine rings is 1. The number of amides is 2. The lowest BCUT2D eigenvalue weighted by Gasteiger charge is -2.25. The van der Waals surface area contributed by atoms with Crippen molar-refractivity contribution in [3.05, 3.63) is 53.5 Å². The Hall–Kier alpha value is -3.14. The number of anilines is 2. The molecule has 1 aromatic carbocycles. The molecule has 4 rings (SSSR count). The van der Waals surface area contributed by atoms with Crippen molar-refractivity contribution in [2.24, 2.45) is 5.92 Å². The van der Waals surface area contributed by atoms with E-state index >= 15 is 0 Å². The van der Waals surface area contributed by atoms with Gasteiger partial charge in [0.25, 0.3) is 0 Å². The van der Waals surface area contributed by atoms with Gasteiger partial charge in [0.2, 0.25) is 18.7 Å². The number of hydrogen-bond acceptors (Lipinski definition) is 5. The van der Waals surface area contributed by atoms with E-state index in [0.29, 0.717) is 19.6 Å². The van der Waals surface area contributed by atoms with Gasteiger partial charge in [-0.3, -0.25) is 9.59 Å². The first-order valence-electron chi connectivity index (χ1n) is 10.5. The Kier molecular flexibility index (Phi) is 10.1. The molecule has 180 valence electrons. The predicted molar refractivity (Wildman–Crippen MR) is 120 cm³/mol. The van der Waals surface area contributed by atoms with E-state index in [-0.39, 0.29) is 23.7 Å². The molecule has 2 aromatic rings. The van der Waals surface area contributed by atoms with Gasteiger partial charge in [-0.15, -0.1) is 0 Å². The third kappa shape index (κ3) is 8.38. The number of hydrogen-bond donors (Lipinski definition) is 2. The van der Waals surface area contributed by atoms with E-state index in [0.717, 1.165) is 42.6 Å². The second-order valence-electron chi connectivity index (χ2n) is 7.74. The van der Waals surface area contributed by atoms with Crippen LogP contribution in [0.25, 0.3) is 0 Å². The quantitative estimate of drug-likeness (QED) is 0.672. The number of benzene rings is 1. The molecular weight excluding hydrogens is 437 g/mol. The van der Waals surface area contributed by atoms with Crippen LogP contribution < -0.4 is 15.5 Å². The van der Waals surface area contributed by atoms with Crippen LogP contribution in [0.4, 0.5) is 24.7 Å². The zero-order valence-electron chi connectivity index (χ0n) is 18.9. The molecular formula is C23H29F3N4O3. The van der Waals surface area contributed by atoms with Gasteiger partial charge in [0.15, 0.2) is 5.82 Å². The van der Waals surface area contributed by atoms with Gasteiger partial charge in [-0.25, -0.2) is 18.2 Å². The fraction of sp³-hybridized carbons (Fsp3) is 0.435. The number of nitrogens with zero attached hydrogens (tertiary/aromatic N) is 2. The van der Waals surface area contributed by atoms with Crippen LogP contribution in [-0.4, -0.2) is 50.5 Å². The number of likely N-dealkylation sites (N-methyl/N-ethyl adjacent to an activating group) is 1. The summed E-state index contributed by atoms with van der Waals surface area (Å²) < 4.78 is 38.8. The second kappa shape index (κ2) is 12.8. The van der Waals surface area contributed by atoms with Crippen molar-refractivity contribution in [3.8, 4) is 0 Å². The molecule has 1 saturated heterocycles. The third-order valence-corrected chi connectivity index (χ3v) is 4.93. The maximum absolute atomic E-state index is 12.8. The number of carbonyl (C=O) groups is 2. The average Bonchev–Trinajstić information content (AvgIpc) is 3.27. The van der Waals surface area contributed by atoms with Crippen LogP contribution in [0.3, 0.4) is 0 Å². The van der Waals surface area contributed by atoms with Gasteiger partial charge in [-0.05, 0) is 49.6 Å². The Morgan fingerprint density at radius 1 is 1.30 bits per heavy atom. The van der Waals surface area contributed by atoms with Crippen molar-refractivity contribution >= 4 is 23.8 Å². The van der Waals surface area contributed by atoms with Gasteiger partial charge in [-0.1, -0.05) is 12.1 Å². The van der Waals surface area contributed by atoms with Gasteiger partial charge >= 0.3 is 0 Å². The SMILES string of the molecule is CC(F)F.Cc1cnc2c(c1)NC(=O)CN2C.O=CNC(c1ccc(F)cc1)C1CCOC1. The molecule has 0 spiro atoms. The van der Waals surface area contributed by atoms with Gasteiger partial charge in [0.05, 0.1) is 24.9 Å². The summed E-state index contributed by atoms with van der Waals surface area (Å²) in [5.41, 5.74) is 2.78. The van der Waals surface area contributed by atoms with Crippen LogP contribution >= 0.6 is 0 Å². The van der Waals surface area contributed by atoms with Crippen LogP contribution in [0.2, 0.25) is 0 Å². The van der Waals surface area contributed by atoms with Crippen molar-refractivity contribution in [1.29, 1.82) is 0 Å². The van der Waals surface area contributed by atoms with Crippen LogP contribution in [0.5, 0.6) is 0 Å². The first-order valence-corrected chi connectivity index (χ1v) is 10.5. The molecule has 1 fully saturated rings. The van der Waals surface area contributed by atoms with E-state index in [4.69, 9.17) is 4.74 Å². The molecule has 0 saturated carbocycles. The fourth-order valence-corrected chi connectivity index (χ4v) is 3.50.